The maximum atomic E-state index is 11.9. The average molecular weight is 311 g/mol. The smallest absolute Gasteiger partial charge is 0.240 e. The van der Waals surface area contributed by atoms with Crippen molar-refractivity contribution in [2.45, 2.75) is 18.2 Å². The van der Waals surface area contributed by atoms with Gasteiger partial charge in [0.2, 0.25) is 10.0 Å². The van der Waals surface area contributed by atoms with Crippen LogP contribution in [0.3, 0.4) is 0 Å². The van der Waals surface area contributed by atoms with E-state index >= 15 is 0 Å². The van der Waals surface area contributed by atoms with Crippen LogP contribution in [0.25, 0.3) is 0 Å². The molecular weight excluding hydrogens is 295 g/mol. The Morgan fingerprint density at radius 1 is 1.06 bits per heavy atom. The van der Waals surface area contributed by atoms with E-state index in [-0.39, 0.29) is 4.90 Å². The number of hydrogen-bond acceptors (Lipinski definition) is 3. The Labute approximate surface area is 118 Å². The Kier molecular flexibility index (Phi) is 6.38. The van der Waals surface area contributed by atoms with E-state index in [1.165, 1.54) is 18.2 Å². The second kappa shape index (κ2) is 7.31. The highest BCUT2D eigenvalue weighted by Crippen LogP contribution is 2.21. The van der Waals surface area contributed by atoms with E-state index < -0.39 is 10.0 Å². The van der Waals surface area contributed by atoms with E-state index in [0.29, 0.717) is 23.1 Å². The zero-order chi connectivity index (χ0) is 13.6. The van der Waals surface area contributed by atoms with Crippen LogP contribution >= 0.6 is 23.2 Å². The third-order valence-electron chi connectivity index (χ3n) is 2.17. The largest absolute Gasteiger partial charge is 0.315 e. The summed E-state index contributed by atoms with van der Waals surface area (Å²) in [7, 11) is -3.55. The highest BCUT2D eigenvalue weighted by Gasteiger charge is 2.14. The lowest BCUT2D eigenvalue weighted by Crippen LogP contribution is -2.32. The van der Waals surface area contributed by atoms with Gasteiger partial charge in [0.15, 0.2) is 0 Å². The summed E-state index contributed by atoms with van der Waals surface area (Å²) in [5, 5.41) is 3.70. The molecule has 0 heterocycles. The number of rotatable bonds is 7. The van der Waals surface area contributed by atoms with E-state index in [2.05, 4.69) is 10.0 Å². The third kappa shape index (κ3) is 5.12. The third-order valence-corrected chi connectivity index (χ3v) is 4.04. The van der Waals surface area contributed by atoms with E-state index in [4.69, 9.17) is 23.2 Å². The van der Waals surface area contributed by atoms with Crippen LogP contribution in [0.15, 0.2) is 23.1 Å². The summed E-state index contributed by atoms with van der Waals surface area (Å²) in [5.74, 6) is 0. The molecule has 0 saturated carbocycles. The van der Waals surface area contributed by atoms with Crippen molar-refractivity contribution in [3.8, 4) is 0 Å². The topological polar surface area (TPSA) is 58.2 Å². The predicted molar refractivity (Wildman–Crippen MR) is 74.8 cm³/mol. The maximum absolute atomic E-state index is 11.9. The Morgan fingerprint density at radius 3 is 2.22 bits per heavy atom. The molecule has 0 aliphatic rings. The first kappa shape index (κ1) is 15.7. The first-order valence-electron chi connectivity index (χ1n) is 5.62. The molecule has 4 nitrogen and oxygen atoms in total. The van der Waals surface area contributed by atoms with Gasteiger partial charge in [0.1, 0.15) is 0 Å². The molecule has 0 aromatic heterocycles. The van der Waals surface area contributed by atoms with Crippen LogP contribution in [-0.4, -0.2) is 28.1 Å². The average Bonchev–Trinajstić information content (AvgIpc) is 2.27. The van der Waals surface area contributed by atoms with Crippen LogP contribution in [0.4, 0.5) is 0 Å². The molecule has 0 spiro atoms. The minimum Gasteiger partial charge on any atom is -0.315 e. The lowest BCUT2D eigenvalue weighted by atomic mass is 10.4. The molecule has 0 atom stereocenters. The minimum absolute atomic E-state index is 0.0792. The van der Waals surface area contributed by atoms with Crippen LogP contribution in [0, 0.1) is 0 Å². The number of nitrogens with one attached hydrogen (secondary N) is 2. The number of hydrogen-bond donors (Lipinski definition) is 2. The molecule has 7 heteroatoms. The molecule has 0 aliphatic carbocycles. The fourth-order valence-corrected chi connectivity index (χ4v) is 3.10. The van der Waals surface area contributed by atoms with Crippen molar-refractivity contribution in [2.75, 3.05) is 19.6 Å². The zero-order valence-corrected chi connectivity index (χ0v) is 12.4. The Balaban J connectivity index is 2.63. The van der Waals surface area contributed by atoms with Gasteiger partial charge in [-0.25, -0.2) is 13.1 Å². The number of sulfonamides is 1. The number of benzene rings is 1. The maximum Gasteiger partial charge on any atom is 0.240 e. The molecule has 0 saturated heterocycles. The van der Waals surface area contributed by atoms with Crippen LogP contribution in [0.1, 0.15) is 13.3 Å². The first-order chi connectivity index (χ1) is 8.45. The Morgan fingerprint density at radius 2 is 1.67 bits per heavy atom. The summed E-state index contributed by atoms with van der Waals surface area (Å²) < 4.78 is 26.3. The van der Waals surface area contributed by atoms with Gasteiger partial charge in [-0.1, -0.05) is 30.1 Å². The fraction of sp³-hybridized carbons (Fsp3) is 0.455. The van der Waals surface area contributed by atoms with E-state index in [1.54, 1.807) is 0 Å². The summed E-state index contributed by atoms with van der Waals surface area (Å²) in [6.45, 7) is 3.82. The van der Waals surface area contributed by atoms with Crippen molar-refractivity contribution in [1.82, 2.24) is 10.0 Å². The van der Waals surface area contributed by atoms with E-state index in [9.17, 15) is 8.42 Å². The van der Waals surface area contributed by atoms with Gasteiger partial charge in [-0.05, 0) is 31.2 Å². The Hall–Kier alpha value is -0.330. The predicted octanol–water partition coefficient (Wildman–Crippen LogP) is 2.27. The highest BCUT2D eigenvalue weighted by atomic mass is 35.5. The highest BCUT2D eigenvalue weighted by molar-refractivity contribution is 7.89. The van der Waals surface area contributed by atoms with Crippen LogP contribution < -0.4 is 10.0 Å². The summed E-state index contributed by atoms with van der Waals surface area (Å²) in [6.07, 6.45) is 1.01. The molecule has 0 radical (unpaired) electrons. The summed E-state index contributed by atoms with van der Waals surface area (Å²) >= 11 is 11.5. The quantitative estimate of drug-likeness (QED) is 0.760. The first-order valence-corrected chi connectivity index (χ1v) is 7.86. The normalized spacial score (nSPS) is 11.7. The van der Waals surface area contributed by atoms with E-state index in [1.807, 2.05) is 6.92 Å². The van der Waals surface area contributed by atoms with Gasteiger partial charge in [0.25, 0.3) is 0 Å². The van der Waals surface area contributed by atoms with Gasteiger partial charge >= 0.3 is 0 Å². The molecule has 0 fully saturated rings. The number of halogens is 2. The van der Waals surface area contributed by atoms with Gasteiger partial charge < -0.3 is 5.32 Å². The molecule has 1 rings (SSSR count). The van der Waals surface area contributed by atoms with Gasteiger partial charge in [-0.3, -0.25) is 0 Å². The van der Waals surface area contributed by atoms with Crippen LogP contribution in [0.2, 0.25) is 10.0 Å². The summed E-state index contributed by atoms with van der Waals surface area (Å²) in [5.41, 5.74) is 0. The van der Waals surface area contributed by atoms with Gasteiger partial charge in [-0.2, -0.15) is 0 Å². The molecule has 102 valence electrons. The molecule has 0 bridgehead atoms. The van der Waals surface area contributed by atoms with Crippen LogP contribution in [-0.2, 0) is 10.0 Å². The van der Waals surface area contributed by atoms with Crippen molar-refractivity contribution in [2.24, 2.45) is 0 Å². The fourth-order valence-electron chi connectivity index (χ4n) is 1.34. The van der Waals surface area contributed by atoms with Crippen LogP contribution in [0.5, 0.6) is 0 Å². The molecule has 0 amide bonds. The lowest BCUT2D eigenvalue weighted by molar-refractivity contribution is 0.575. The molecular formula is C11H16Cl2N2O2S. The van der Waals surface area contributed by atoms with Crippen molar-refractivity contribution in [1.29, 1.82) is 0 Å². The van der Waals surface area contributed by atoms with Crippen molar-refractivity contribution < 1.29 is 8.42 Å². The summed E-state index contributed by atoms with van der Waals surface area (Å²) in [6, 6.07) is 4.23. The van der Waals surface area contributed by atoms with Crippen molar-refractivity contribution in [3.63, 3.8) is 0 Å². The molecule has 1 aromatic carbocycles. The molecule has 2 N–H and O–H groups in total. The van der Waals surface area contributed by atoms with Gasteiger partial charge in [-0.15, -0.1) is 0 Å². The molecule has 0 aliphatic heterocycles. The monoisotopic (exact) mass is 310 g/mol. The standard InChI is InChI=1S/C11H16Cl2N2O2S/c1-2-3-14-4-5-15-18(16,17)11-7-9(12)6-10(13)8-11/h6-8,14-15H,2-5H2,1H3. The zero-order valence-electron chi connectivity index (χ0n) is 10.0. The van der Waals surface area contributed by atoms with Crippen molar-refractivity contribution >= 4 is 33.2 Å². The molecule has 0 unspecified atom stereocenters. The lowest BCUT2D eigenvalue weighted by Gasteiger charge is -2.08. The molecule has 18 heavy (non-hydrogen) atoms. The Bertz CT molecular complexity index is 472. The summed E-state index contributed by atoms with van der Waals surface area (Å²) in [4.78, 5) is 0.0792. The second-order valence-corrected chi connectivity index (χ2v) is 6.39. The SMILES string of the molecule is CCCNCCNS(=O)(=O)c1cc(Cl)cc(Cl)c1. The van der Waals surface area contributed by atoms with Gasteiger partial charge in [0, 0.05) is 23.1 Å². The second-order valence-electron chi connectivity index (χ2n) is 3.75. The molecule has 1 aromatic rings. The minimum atomic E-state index is -3.55. The van der Waals surface area contributed by atoms with Crippen molar-refractivity contribution in [3.05, 3.63) is 28.2 Å². The van der Waals surface area contributed by atoms with Gasteiger partial charge in [0.05, 0.1) is 4.90 Å². The van der Waals surface area contributed by atoms with E-state index in [0.717, 1.165) is 13.0 Å².